The summed E-state index contributed by atoms with van der Waals surface area (Å²) in [5.74, 6) is 0. The topological polar surface area (TPSA) is 38.3 Å². The number of hydrogen-bond donors (Lipinski definition) is 1. The molecule has 0 spiro atoms. The van der Waals surface area contributed by atoms with Crippen LogP contribution in [0.3, 0.4) is 0 Å². The van der Waals surface area contributed by atoms with Crippen molar-refractivity contribution in [3.05, 3.63) is 37.1 Å². The van der Waals surface area contributed by atoms with Crippen molar-refractivity contribution in [1.29, 1.82) is 0 Å². The third-order valence-corrected chi connectivity index (χ3v) is 1.09. The van der Waals surface area contributed by atoms with E-state index in [-0.39, 0.29) is 0 Å². The van der Waals surface area contributed by atoms with Gasteiger partial charge in [0.2, 0.25) is 0 Å². The van der Waals surface area contributed by atoms with Gasteiger partial charge in [0.1, 0.15) is 5.60 Å². The Balaban J connectivity index is 4.01. The number of ether oxygens (including phenoxy) is 1. The molecule has 3 heteroatoms. The highest BCUT2D eigenvalue weighted by Gasteiger charge is 2.15. The van der Waals surface area contributed by atoms with Crippen LogP contribution in [-0.2, 0) is 4.74 Å². The quantitative estimate of drug-likeness (QED) is 0.703. The van der Waals surface area contributed by atoms with Gasteiger partial charge in [0, 0.05) is 5.70 Å². The maximum Gasteiger partial charge on any atom is 0.412 e. The van der Waals surface area contributed by atoms with Gasteiger partial charge in [-0.1, -0.05) is 25.3 Å². The highest BCUT2D eigenvalue weighted by atomic mass is 16.6. The van der Waals surface area contributed by atoms with E-state index in [4.69, 9.17) is 4.74 Å². The molecule has 3 nitrogen and oxygen atoms in total. The number of nitrogens with one attached hydrogen (secondary N) is 1. The first-order valence-corrected chi connectivity index (χ1v) is 4.33. The summed E-state index contributed by atoms with van der Waals surface area (Å²) in [4.78, 5) is 11.2. The lowest BCUT2D eigenvalue weighted by Gasteiger charge is -2.19. The second-order valence-corrected chi connectivity index (χ2v) is 3.75. The van der Waals surface area contributed by atoms with E-state index in [1.54, 1.807) is 39.0 Å². The van der Waals surface area contributed by atoms with Crippen LogP contribution in [0.2, 0.25) is 0 Å². The second-order valence-electron chi connectivity index (χ2n) is 3.75. The average Bonchev–Trinajstić information content (AvgIpc) is 1.96. The molecule has 0 heterocycles. The van der Waals surface area contributed by atoms with Crippen molar-refractivity contribution in [2.75, 3.05) is 0 Å². The van der Waals surface area contributed by atoms with Gasteiger partial charge in [0.05, 0.1) is 0 Å². The molecule has 0 aliphatic rings. The number of carbonyl (C=O) groups is 1. The van der Waals surface area contributed by atoms with Crippen LogP contribution >= 0.6 is 0 Å². The molecule has 0 aromatic rings. The molecule has 0 radical (unpaired) electrons. The van der Waals surface area contributed by atoms with E-state index in [0.717, 1.165) is 0 Å². The zero-order chi connectivity index (χ0) is 11.2. The van der Waals surface area contributed by atoms with Crippen molar-refractivity contribution in [2.24, 2.45) is 0 Å². The van der Waals surface area contributed by atoms with Crippen LogP contribution in [0, 0.1) is 0 Å². The average molecular weight is 195 g/mol. The molecule has 0 aromatic carbocycles. The monoisotopic (exact) mass is 195 g/mol. The maximum absolute atomic E-state index is 11.2. The summed E-state index contributed by atoms with van der Waals surface area (Å²) in [6.45, 7) is 12.5. The van der Waals surface area contributed by atoms with Crippen molar-refractivity contribution >= 4 is 6.09 Å². The van der Waals surface area contributed by atoms with Crippen LogP contribution in [0.1, 0.15) is 20.8 Å². The summed E-state index contributed by atoms with van der Waals surface area (Å²) in [7, 11) is 0. The summed E-state index contributed by atoms with van der Waals surface area (Å²) in [6, 6.07) is 0. The maximum atomic E-state index is 11.2. The summed E-state index contributed by atoms with van der Waals surface area (Å²) in [5.41, 5.74) is -0.0221. The molecule has 78 valence electrons. The summed E-state index contributed by atoms with van der Waals surface area (Å²) in [5, 5.41) is 2.48. The third kappa shape index (κ3) is 7.16. The Kier molecular flexibility index (Phi) is 4.70. The Morgan fingerprint density at radius 2 is 2.00 bits per heavy atom. The third-order valence-electron chi connectivity index (χ3n) is 1.09. The first-order chi connectivity index (χ1) is 6.35. The van der Waals surface area contributed by atoms with Gasteiger partial charge in [-0.2, -0.15) is 0 Å². The van der Waals surface area contributed by atoms with Gasteiger partial charge in [0.15, 0.2) is 0 Å². The van der Waals surface area contributed by atoms with Crippen molar-refractivity contribution in [3.8, 4) is 0 Å². The molecular weight excluding hydrogens is 178 g/mol. The SMILES string of the molecule is C=C/C=C\C(=C)NC(=O)OC(C)(C)C. The van der Waals surface area contributed by atoms with Crippen LogP contribution in [0.4, 0.5) is 4.79 Å². The largest absolute Gasteiger partial charge is 0.444 e. The zero-order valence-corrected chi connectivity index (χ0v) is 8.96. The van der Waals surface area contributed by atoms with E-state index in [2.05, 4.69) is 18.5 Å². The molecule has 0 atom stereocenters. The van der Waals surface area contributed by atoms with E-state index < -0.39 is 11.7 Å². The lowest BCUT2D eigenvalue weighted by atomic mass is 10.2. The number of allylic oxidation sites excluding steroid dienone is 3. The van der Waals surface area contributed by atoms with Crippen molar-refractivity contribution in [1.82, 2.24) is 5.32 Å². The molecule has 0 rings (SSSR count). The Labute approximate surface area is 85.1 Å². The molecule has 0 aromatic heterocycles. The first kappa shape index (κ1) is 12.5. The van der Waals surface area contributed by atoms with Crippen LogP contribution < -0.4 is 5.32 Å². The lowest BCUT2D eigenvalue weighted by Crippen LogP contribution is -2.31. The van der Waals surface area contributed by atoms with E-state index in [1.807, 2.05) is 0 Å². The van der Waals surface area contributed by atoms with Gasteiger partial charge in [-0.3, -0.25) is 5.32 Å². The van der Waals surface area contributed by atoms with Crippen LogP contribution in [-0.4, -0.2) is 11.7 Å². The minimum Gasteiger partial charge on any atom is -0.444 e. The molecule has 1 N–H and O–H groups in total. The first-order valence-electron chi connectivity index (χ1n) is 4.33. The molecule has 1 amide bonds. The van der Waals surface area contributed by atoms with Crippen LogP contribution in [0.15, 0.2) is 37.1 Å². The Hall–Kier alpha value is -1.51. The standard InChI is InChI=1S/C11H17NO2/c1-6-7-8-9(2)12-10(13)14-11(3,4)5/h6-8H,1-2H2,3-5H3,(H,12,13)/b8-7-. The van der Waals surface area contributed by atoms with Gasteiger partial charge in [-0.05, 0) is 26.8 Å². The summed E-state index contributed by atoms with van der Waals surface area (Å²) < 4.78 is 5.02. The molecule has 14 heavy (non-hydrogen) atoms. The minimum absolute atomic E-state index is 0.471. The van der Waals surface area contributed by atoms with Gasteiger partial charge in [0.25, 0.3) is 0 Å². The molecule has 0 saturated heterocycles. The Bertz CT molecular complexity index is 259. The van der Waals surface area contributed by atoms with Crippen LogP contribution in [0.5, 0.6) is 0 Å². The lowest BCUT2D eigenvalue weighted by molar-refractivity contribution is 0.0548. The van der Waals surface area contributed by atoms with Crippen molar-refractivity contribution < 1.29 is 9.53 Å². The second kappa shape index (κ2) is 5.27. The fourth-order valence-electron chi connectivity index (χ4n) is 0.661. The molecular formula is C11H17NO2. The number of hydrogen-bond acceptors (Lipinski definition) is 2. The number of carbonyl (C=O) groups excluding carboxylic acids is 1. The van der Waals surface area contributed by atoms with E-state index in [1.165, 1.54) is 0 Å². The highest BCUT2D eigenvalue weighted by molar-refractivity contribution is 5.70. The minimum atomic E-state index is -0.504. The van der Waals surface area contributed by atoms with Crippen molar-refractivity contribution in [3.63, 3.8) is 0 Å². The molecule has 0 unspecified atom stereocenters. The highest BCUT2D eigenvalue weighted by Crippen LogP contribution is 2.06. The molecule has 0 aliphatic carbocycles. The molecule has 0 aliphatic heterocycles. The summed E-state index contributed by atoms with van der Waals surface area (Å²) in [6.07, 6.45) is 4.41. The Morgan fingerprint density at radius 1 is 1.43 bits per heavy atom. The van der Waals surface area contributed by atoms with E-state index in [0.29, 0.717) is 5.70 Å². The molecule has 0 saturated carbocycles. The van der Waals surface area contributed by atoms with Gasteiger partial charge in [-0.25, -0.2) is 4.79 Å². The number of rotatable bonds is 3. The van der Waals surface area contributed by atoms with Gasteiger partial charge in [-0.15, -0.1) is 0 Å². The van der Waals surface area contributed by atoms with E-state index in [9.17, 15) is 4.79 Å². The predicted molar refractivity (Wildman–Crippen MR) is 57.8 cm³/mol. The smallest absolute Gasteiger partial charge is 0.412 e. The fraction of sp³-hybridized carbons (Fsp3) is 0.364. The zero-order valence-electron chi connectivity index (χ0n) is 8.96. The van der Waals surface area contributed by atoms with Gasteiger partial charge >= 0.3 is 6.09 Å². The van der Waals surface area contributed by atoms with E-state index >= 15 is 0 Å². The van der Waals surface area contributed by atoms with Gasteiger partial charge < -0.3 is 4.74 Å². The normalized spacial score (nSPS) is 11.1. The van der Waals surface area contributed by atoms with Crippen molar-refractivity contribution in [2.45, 2.75) is 26.4 Å². The molecule has 0 bridgehead atoms. The van der Waals surface area contributed by atoms with Crippen LogP contribution in [0.25, 0.3) is 0 Å². The summed E-state index contributed by atoms with van der Waals surface area (Å²) >= 11 is 0. The molecule has 0 fully saturated rings. The predicted octanol–water partition coefficient (Wildman–Crippen LogP) is 2.77. The number of alkyl carbamates (subject to hydrolysis) is 1. The number of amides is 1. The Morgan fingerprint density at radius 3 is 2.43 bits per heavy atom. The fourth-order valence-corrected chi connectivity index (χ4v) is 0.661.